The van der Waals surface area contributed by atoms with Gasteiger partial charge in [0.05, 0.1) is 13.2 Å². The van der Waals surface area contributed by atoms with Gasteiger partial charge in [0, 0.05) is 35.2 Å². The molecule has 0 atom stereocenters. The second-order valence-electron chi connectivity index (χ2n) is 10.1. The van der Waals surface area contributed by atoms with Crippen molar-refractivity contribution < 1.29 is 14.0 Å². The molecule has 0 N–H and O–H groups in total. The van der Waals surface area contributed by atoms with E-state index in [1.807, 2.05) is 0 Å². The fourth-order valence-electron chi connectivity index (χ4n) is 4.71. The average molecular weight is 503 g/mol. The van der Waals surface area contributed by atoms with Crippen LogP contribution in [-0.2, 0) is 7.05 Å². The molecular weight excluding hydrogens is 454 g/mol. The third kappa shape index (κ3) is 9.87. The van der Waals surface area contributed by atoms with E-state index in [4.69, 9.17) is 9.47 Å². The number of aryl methyl sites for hydroxylation is 1. The van der Waals surface area contributed by atoms with Gasteiger partial charge in [-0.15, -0.1) is 0 Å². The monoisotopic (exact) mass is 502 g/mol. The highest BCUT2D eigenvalue weighted by molar-refractivity contribution is 5.77. The molecule has 3 heteroatoms. The van der Waals surface area contributed by atoms with Crippen molar-refractivity contribution >= 4 is 23.1 Å². The molecule has 200 valence electrons. The number of aromatic nitrogens is 1. The van der Waals surface area contributed by atoms with Crippen LogP contribution in [0.1, 0.15) is 102 Å². The van der Waals surface area contributed by atoms with Gasteiger partial charge in [-0.05, 0) is 43.2 Å². The Morgan fingerprint density at radius 1 is 0.649 bits per heavy atom. The predicted octanol–water partition coefficient (Wildman–Crippen LogP) is 9.31. The smallest absolute Gasteiger partial charge is 0.212 e. The first kappa shape index (κ1) is 28.8. The van der Waals surface area contributed by atoms with Crippen LogP contribution in [0.15, 0.2) is 54.6 Å². The minimum Gasteiger partial charge on any atom is -0.493 e. The van der Waals surface area contributed by atoms with E-state index in [2.05, 4.69) is 92.2 Å². The third-order valence-electron chi connectivity index (χ3n) is 7.06. The largest absolute Gasteiger partial charge is 0.493 e. The number of para-hydroxylation sites is 1. The van der Waals surface area contributed by atoms with Crippen LogP contribution in [0.2, 0.25) is 0 Å². The van der Waals surface area contributed by atoms with Crippen molar-refractivity contribution in [2.75, 3.05) is 13.2 Å². The molecular formula is C34H48NO2+. The molecule has 37 heavy (non-hydrogen) atoms. The van der Waals surface area contributed by atoms with Gasteiger partial charge in [-0.1, -0.05) is 90.2 Å². The average Bonchev–Trinajstić information content (AvgIpc) is 2.92. The lowest BCUT2D eigenvalue weighted by Crippen LogP contribution is -2.32. The van der Waals surface area contributed by atoms with Crippen LogP contribution in [0.5, 0.6) is 11.5 Å². The van der Waals surface area contributed by atoms with E-state index in [9.17, 15) is 0 Å². The second kappa shape index (κ2) is 16.8. The predicted molar refractivity (Wildman–Crippen MR) is 158 cm³/mol. The van der Waals surface area contributed by atoms with Gasteiger partial charge in [-0.2, -0.15) is 4.57 Å². The van der Waals surface area contributed by atoms with Gasteiger partial charge in [0.2, 0.25) is 11.2 Å². The number of nitrogens with zero attached hydrogens (tertiary/aromatic N) is 1. The molecule has 0 radical (unpaired) electrons. The maximum absolute atomic E-state index is 6.31. The number of pyridine rings is 1. The lowest BCUT2D eigenvalue weighted by molar-refractivity contribution is -0.646. The lowest BCUT2D eigenvalue weighted by Gasteiger charge is -2.13. The summed E-state index contributed by atoms with van der Waals surface area (Å²) < 4.78 is 14.6. The summed E-state index contributed by atoms with van der Waals surface area (Å²) in [6.45, 7) is 6.04. The fraction of sp³-hybridized carbons (Fsp3) is 0.500. The van der Waals surface area contributed by atoms with Gasteiger partial charge >= 0.3 is 0 Å². The van der Waals surface area contributed by atoms with E-state index in [1.54, 1.807) is 0 Å². The molecule has 0 spiro atoms. The van der Waals surface area contributed by atoms with Crippen LogP contribution in [0.3, 0.4) is 0 Å². The van der Waals surface area contributed by atoms with Crippen molar-refractivity contribution in [2.24, 2.45) is 7.05 Å². The Bertz CT molecular complexity index is 1090. The van der Waals surface area contributed by atoms with Crippen LogP contribution >= 0.6 is 0 Å². The fourth-order valence-corrected chi connectivity index (χ4v) is 4.71. The standard InChI is InChI=1S/C34H48NO2/c1-4-6-8-10-12-16-26-36-32-25-22-30(34(28-32)37-27-17-13-11-9-7-5-2)21-24-31-23-20-29-18-14-15-19-33(29)35(31)3/h14-15,18-25,28H,4-13,16-17,26-27H2,1-3H3/q+1/b24-21+. The molecule has 0 fully saturated rings. The third-order valence-corrected chi connectivity index (χ3v) is 7.06. The number of benzene rings is 2. The van der Waals surface area contributed by atoms with Crippen molar-refractivity contribution in [3.8, 4) is 11.5 Å². The molecule has 1 heterocycles. The summed E-state index contributed by atoms with van der Waals surface area (Å²) in [6.07, 6.45) is 19.5. The number of unbranched alkanes of at least 4 members (excludes halogenated alkanes) is 10. The van der Waals surface area contributed by atoms with Crippen LogP contribution < -0.4 is 14.0 Å². The number of hydrogen-bond donors (Lipinski definition) is 0. The van der Waals surface area contributed by atoms with Gasteiger partial charge in [0.15, 0.2) is 0 Å². The van der Waals surface area contributed by atoms with Crippen LogP contribution in [0.4, 0.5) is 0 Å². The molecule has 0 aliphatic rings. The minimum absolute atomic E-state index is 0.748. The molecule has 0 unspecified atom stereocenters. The first-order chi connectivity index (χ1) is 18.2. The summed E-state index contributed by atoms with van der Waals surface area (Å²) in [6, 6.07) is 19.1. The normalized spacial score (nSPS) is 11.4. The number of rotatable bonds is 18. The van der Waals surface area contributed by atoms with Crippen molar-refractivity contribution in [3.63, 3.8) is 0 Å². The van der Waals surface area contributed by atoms with Gasteiger partial charge in [0.1, 0.15) is 18.5 Å². The first-order valence-corrected chi connectivity index (χ1v) is 14.7. The summed E-state index contributed by atoms with van der Waals surface area (Å²) in [5, 5.41) is 1.25. The molecule has 0 saturated carbocycles. The number of fused-ring (bicyclic) bond motifs is 1. The van der Waals surface area contributed by atoms with Gasteiger partial charge < -0.3 is 9.47 Å². The quantitative estimate of drug-likeness (QED) is 0.128. The van der Waals surface area contributed by atoms with E-state index < -0.39 is 0 Å². The van der Waals surface area contributed by atoms with E-state index in [-0.39, 0.29) is 0 Å². The zero-order chi connectivity index (χ0) is 26.1. The van der Waals surface area contributed by atoms with Crippen molar-refractivity contribution in [3.05, 3.63) is 65.9 Å². The second-order valence-corrected chi connectivity index (χ2v) is 10.1. The summed E-state index contributed by atoms with van der Waals surface area (Å²) in [5.41, 5.74) is 3.47. The van der Waals surface area contributed by atoms with Crippen molar-refractivity contribution in [2.45, 2.75) is 90.9 Å². The molecule has 3 nitrogen and oxygen atoms in total. The number of hydrogen-bond acceptors (Lipinski definition) is 2. The minimum atomic E-state index is 0.748. The molecule has 3 aromatic rings. The highest BCUT2D eigenvalue weighted by atomic mass is 16.5. The maximum Gasteiger partial charge on any atom is 0.212 e. The molecule has 0 aliphatic heterocycles. The Balaban J connectivity index is 1.65. The molecule has 2 aromatic carbocycles. The molecule has 3 rings (SSSR count). The summed E-state index contributed by atoms with van der Waals surface area (Å²) in [7, 11) is 2.12. The van der Waals surface area contributed by atoms with Gasteiger partial charge in [0.25, 0.3) is 0 Å². The number of ether oxygens (including phenoxy) is 2. The highest BCUT2D eigenvalue weighted by Gasteiger charge is 2.10. The lowest BCUT2D eigenvalue weighted by atomic mass is 10.1. The molecule has 0 aliphatic carbocycles. The van der Waals surface area contributed by atoms with Crippen LogP contribution in [0.25, 0.3) is 23.1 Å². The summed E-state index contributed by atoms with van der Waals surface area (Å²) in [5.74, 6) is 1.81. The molecule has 1 aromatic heterocycles. The first-order valence-electron chi connectivity index (χ1n) is 14.7. The van der Waals surface area contributed by atoms with Gasteiger partial charge in [-0.3, -0.25) is 0 Å². The van der Waals surface area contributed by atoms with E-state index in [1.165, 1.54) is 75.1 Å². The van der Waals surface area contributed by atoms with Crippen molar-refractivity contribution in [1.29, 1.82) is 0 Å². The van der Waals surface area contributed by atoms with E-state index in [0.717, 1.165) is 48.8 Å². The van der Waals surface area contributed by atoms with E-state index >= 15 is 0 Å². The SMILES string of the molecule is CCCCCCCCOc1ccc(/C=C/c2ccc3ccccc3[n+]2C)c(OCCCCCCCC)c1. The Kier molecular flexibility index (Phi) is 13.1. The molecule has 0 bridgehead atoms. The maximum atomic E-state index is 6.31. The summed E-state index contributed by atoms with van der Waals surface area (Å²) >= 11 is 0. The van der Waals surface area contributed by atoms with Crippen molar-refractivity contribution in [1.82, 2.24) is 0 Å². The molecule has 0 amide bonds. The topological polar surface area (TPSA) is 22.3 Å². The summed E-state index contributed by atoms with van der Waals surface area (Å²) in [4.78, 5) is 0. The zero-order valence-corrected chi connectivity index (χ0v) is 23.5. The Hall–Kier alpha value is -2.81. The van der Waals surface area contributed by atoms with E-state index in [0.29, 0.717) is 0 Å². The van der Waals surface area contributed by atoms with Crippen LogP contribution in [0, 0.1) is 0 Å². The Labute approximate surface area is 225 Å². The molecule has 0 saturated heterocycles. The Morgan fingerprint density at radius 3 is 2.03 bits per heavy atom. The zero-order valence-electron chi connectivity index (χ0n) is 23.5. The van der Waals surface area contributed by atoms with Crippen LogP contribution in [-0.4, -0.2) is 13.2 Å². The highest BCUT2D eigenvalue weighted by Crippen LogP contribution is 2.27. The van der Waals surface area contributed by atoms with Gasteiger partial charge in [-0.25, -0.2) is 0 Å². The Morgan fingerprint density at radius 2 is 1.30 bits per heavy atom.